The Kier molecular flexibility index (Phi) is 4.34. The molecule has 0 aliphatic rings. The van der Waals surface area contributed by atoms with Gasteiger partial charge in [-0.2, -0.15) is 0 Å². The molecule has 100 valence electrons. The number of nitrogens with zero attached hydrogens (tertiary/aromatic N) is 2. The lowest BCUT2D eigenvalue weighted by Crippen LogP contribution is -2.22. The molecule has 19 heavy (non-hydrogen) atoms. The number of carbonyl (C=O) groups excluding carboxylic acids is 1. The number of hydrogen-bond donors (Lipinski definition) is 2. The van der Waals surface area contributed by atoms with Gasteiger partial charge in [0, 0.05) is 24.3 Å². The van der Waals surface area contributed by atoms with Crippen molar-refractivity contribution < 1.29 is 4.79 Å². The van der Waals surface area contributed by atoms with Gasteiger partial charge in [-0.1, -0.05) is 11.6 Å². The van der Waals surface area contributed by atoms with E-state index in [1.165, 1.54) is 6.20 Å². The Balaban J connectivity index is 2.01. The molecule has 0 aliphatic heterocycles. The summed E-state index contributed by atoms with van der Waals surface area (Å²) in [4.78, 5) is 21.1. The predicted octanol–water partition coefficient (Wildman–Crippen LogP) is 2.47. The van der Waals surface area contributed by atoms with E-state index in [1.54, 1.807) is 30.6 Å². The van der Waals surface area contributed by atoms with Crippen molar-refractivity contribution in [3.05, 3.63) is 38.9 Å². The molecule has 0 saturated carbocycles. The van der Waals surface area contributed by atoms with Crippen LogP contribution in [0.25, 0.3) is 0 Å². The van der Waals surface area contributed by atoms with Gasteiger partial charge in [-0.25, -0.2) is 9.97 Å². The van der Waals surface area contributed by atoms with Crippen molar-refractivity contribution in [2.24, 2.45) is 0 Å². The molecule has 2 rings (SSSR count). The molecule has 2 heterocycles. The minimum atomic E-state index is -0.205. The van der Waals surface area contributed by atoms with Gasteiger partial charge in [0.15, 0.2) is 0 Å². The van der Waals surface area contributed by atoms with Gasteiger partial charge in [0.1, 0.15) is 5.82 Å². The quantitative estimate of drug-likeness (QED) is 0.909. The third kappa shape index (κ3) is 3.42. The van der Waals surface area contributed by atoms with Gasteiger partial charge in [-0.05, 0) is 13.0 Å². The van der Waals surface area contributed by atoms with Crippen LogP contribution < -0.4 is 10.6 Å². The SMILES string of the molecule is CNc1ncc(C(=O)NCc2cnc(C)s2)cc1Cl. The average Bonchev–Trinajstić information content (AvgIpc) is 2.81. The van der Waals surface area contributed by atoms with Gasteiger partial charge in [-0.15, -0.1) is 11.3 Å². The van der Waals surface area contributed by atoms with Crippen LogP contribution in [0.2, 0.25) is 5.02 Å². The van der Waals surface area contributed by atoms with Gasteiger partial charge >= 0.3 is 0 Å². The molecule has 5 nitrogen and oxygen atoms in total. The van der Waals surface area contributed by atoms with E-state index >= 15 is 0 Å². The number of nitrogens with one attached hydrogen (secondary N) is 2. The highest BCUT2D eigenvalue weighted by atomic mass is 35.5. The number of aromatic nitrogens is 2. The van der Waals surface area contributed by atoms with E-state index < -0.39 is 0 Å². The standard InChI is InChI=1S/C12H13ClN4OS/c1-7-15-5-9(19-7)6-17-12(18)8-3-10(13)11(14-2)16-4-8/h3-5H,6H2,1-2H3,(H,14,16)(H,17,18). The third-order valence-corrected chi connectivity index (χ3v) is 3.63. The van der Waals surface area contributed by atoms with Crippen molar-refractivity contribution in [2.75, 3.05) is 12.4 Å². The highest BCUT2D eigenvalue weighted by molar-refractivity contribution is 7.11. The molecule has 1 amide bonds. The maximum absolute atomic E-state index is 11.9. The summed E-state index contributed by atoms with van der Waals surface area (Å²) in [7, 11) is 1.72. The highest BCUT2D eigenvalue weighted by Gasteiger charge is 2.09. The molecule has 0 spiro atoms. The Morgan fingerprint density at radius 3 is 2.79 bits per heavy atom. The Morgan fingerprint density at radius 1 is 1.42 bits per heavy atom. The summed E-state index contributed by atoms with van der Waals surface area (Å²) in [6.45, 7) is 2.38. The molecule has 0 unspecified atom stereocenters. The van der Waals surface area contributed by atoms with Crippen molar-refractivity contribution in [1.29, 1.82) is 0 Å². The molecule has 2 aromatic rings. The molecular formula is C12H13ClN4OS. The van der Waals surface area contributed by atoms with Crippen molar-refractivity contribution in [1.82, 2.24) is 15.3 Å². The summed E-state index contributed by atoms with van der Waals surface area (Å²) in [6, 6.07) is 1.59. The first-order valence-electron chi connectivity index (χ1n) is 5.63. The summed E-state index contributed by atoms with van der Waals surface area (Å²) in [5.74, 6) is 0.347. The van der Waals surface area contributed by atoms with Gasteiger partial charge < -0.3 is 10.6 Å². The first-order chi connectivity index (χ1) is 9.10. The normalized spacial score (nSPS) is 10.3. The summed E-state index contributed by atoms with van der Waals surface area (Å²) in [5.41, 5.74) is 0.435. The predicted molar refractivity (Wildman–Crippen MR) is 76.8 cm³/mol. The van der Waals surface area contributed by atoms with Gasteiger partial charge in [0.2, 0.25) is 0 Å². The number of hydrogen-bond acceptors (Lipinski definition) is 5. The topological polar surface area (TPSA) is 66.9 Å². The highest BCUT2D eigenvalue weighted by Crippen LogP contribution is 2.19. The van der Waals surface area contributed by atoms with Crippen molar-refractivity contribution in [3.63, 3.8) is 0 Å². The number of halogens is 1. The summed E-state index contributed by atoms with van der Waals surface area (Å²) in [5, 5.41) is 7.05. The van der Waals surface area contributed by atoms with E-state index in [0.29, 0.717) is 22.9 Å². The third-order valence-electron chi connectivity index (χ3n) is 2.43. The van der Waals surface area contributed by atoms with Gasteiger partial charge in [0.05, 0.1) is 22.1 Å². The Bertz CT molecular complexity index is 599. The second kappa shape index (κ2) is 5.99. The zero-order valence-corrected chi connectivity index (χ0v) is 12.1. The van der Waals surface area contributed by atoms with Crippen LogP contribution in [0.1, 0.15) is 20.2 Å². The van der Waals surface area contributed by atoms with Crippen LogP contribution in [-0.2, 0) is 6.54 Å². The van der Waals surface area contributed by atoms with E-state index in [-0.39, 0.29) is 5.91 Å². The van der Waals surface area contributed by atoms with E-state index in [4.69, 9.17) is 11.6 Å². The van der Waals surface area contributed by atoms with Crippen LogP contribution in [-0.4, -0.2) is 22.9 Å². The van der Waals surface area contributed by atoms with Crippen LogP contribution in [0, 0.1) is 6.92 Å². The number of thiazole rings is 1. The van der Waals surface area contributed by atoms with E-state index in [0.717, 1.165) is 9.88 Å². The number of aryl methyl sites for hydroxylation is 1. The molecule has 7 heteroatoms. The molecule has 0 radical (unpaired) electrons. The molecule has 0 fully saturated rings. The fourth-order valence-electron chi connectivity index (χ4n) is 1.50. The molecule has 0 bridgehead atoms. The summed E-state index contributed by atoms with van der Waals surface area (Å²) in [6.07, 6.45) is 3.25. The zero-order chi connectivity index (χ0) is 13.8. The van der Waals surface area contributed by atoms with Crippen molar-refractivity contribution in [2.45, 2.75) is 13.5 Å². The number of pyridine rings is 1. The fraction of sp³-hybridized carbons (Fsp3) is 0.250. The molecular weight excluding hydrogens is 284 g/mol. The van der Waals surface area contributed by atoms with Crippen LogP contribution in [0.15, 0.2) is 18.5 Å². The van der Waals surface area contributed by atoms with E-state index in [2.05, 4.69) is 20.6 Å². The lowest BCUT2D eigenvalue weighted by Gasteiger charge is -2.06. The number of carbonyl (C=O) groups is 1. The molecule has 0 aliphatic carbocycles. The fourth-order valence-corrected chi connectivity index (χ4v) is 2.50. The van der Waals surface area contributed by atoms with Crippen LogP contribution >= 0.6 is 22.9 Å². The second-order valence-electron chi connectivity index (χ2n) is 3.83. The smallest absolute Gasteiger partial charge is 0.253 e. The van der Waals surface area contributed by atoms with Gasteiger partial charge in [-0.3, -0.25) is 4.79 Å². The Labute approximate surface area is 120 Å². The zero-order valence-electron chi connectivity index (χ0n) is 10.5. The number of anilines is 1. The van der Waals surface area contributed by atoms with Crippen molar-refractivity contribution >= 4 is 34.7 Å². The maximum Gasteiger partial charge on any atom is 0.253 e. The van der Waals surface area contributed by atoms with E-state index in [9.17, 15) is 4.79 Å². The Morgan fingerprint density at radius 2 is 2.21 bits per heavy atom. The van der Waals surface area contributed by atoms with Gasteiger partial charge in [0.25, 0.3) is 5.91 Å². The molecule has 2 N–H and O–H groups in total. The molecule has 2 aromatic heterocycles. The monoisotopic (exact) mass is 296 g/mol. The largest absolute Gasteiger partial charge is 0.372 e. The lowest BCUT2D eigenvalue weighted by molar-refractivity contribution is 0.0951. The van der Waals surface area contributed by atoms with E-state index in [1.807, 2.05) is 6.92 Å². The summed E-state index contributed by atoms with van der Waals surface area (Å²) >= 11 is 7.54. The van der Waals surface area contributed by atoms with Crippen LogP contribution in [0.5, 0.6) is 0 Å². The minimum Gasteiger partial charge on any atom is -0.372 e. The minimum absolute atomic E-state index is 0.205. The number of rotatable bonds is 4. The Hall–Kier alpha value is -1.66. The summed E-state index contributed by atoms with van der Waals surface area (Å²) < 4.78 is 0. The second-order valence-corrected chi connectivity index (χ2v) is 5.56. The van der Waals surface area contributed by atoms with Crippen LogP contribution in [0.3, 0.4) is 0 Å². The molecule has 0 aromatic carbocycles. The van der Waals surface area contributed by atoms with Crippen LogP contribution in [0.4, 0.5) is 5.82 Å². The lowest BCUT2D eigenvalue weighted by atomic mass is 10.2. The molecule has 0 saturated heterocycles. The number of amides is 1. The first-order valence-corrected chi connectivity index (χ1v) is 6.82. The maximum atomic E-state index is 11.9. The first kappa shape index (κ1) is 13.8. The molecule has 0 atom stereocenters. The van der Waals surface area contributed by atoms with Crippen molar-refractivity contribution in [3.8, 4) is 0 Å². The average molecular weight is 297 g/mol.